The zero-order chi connectivity index (χ0) is 22.0. The molecule has 0 aliphatic heterocycles. The molecule has 0 radical (unpaired) electrons. The third-order valence-electron chi connectivity index (χ3n) is 4.67. The van der Waals surface area contributed by atoms with Gasteiger partial charge in [-0.3, -0.25) is 0 Å². The van der Waals surface area contributed by atoms with Crippen molar-refractivity contribution in [2.75, 3.05) is 23.5 Å². The maximum absolute atomic E-state index is 12.3. The number of benzene rings is 2. The van der Waals surface area contributed by atoms with Gasteiger partial charge in [0.1, 0.15) is 17.0 Å². The first-order chi connectivity index (χ1) is 15.0. The first-order valence-electron chi connectivity index (χ1n) is 9.32. The minimum atomic E-state index is -0.470. The van der Waals surface area contributed by atoms with Gasteiger partial charge < -0.3 is 21.1 Å². The molecule has 8 nitrogen and oxygen atoms in total. The molecule has 2 heterocycles. The number of nitrogens with two attached hydrogens (primary N) is 1. The topological polar surface area (TPSA) is 119 Å². The van der Waals surface area contributed by atoms with Crippen LogP contribution in [0, 0.1) is 6.92 Å². The summed E-state index contributed by atoms with van der Waals surface area (Å²) in [4.78, 5) is 34.3. The predicted molar refractivity (Wildman–Crippen MR) is 122 cm³/mol. The van der Waals surface area contributed by atoms with Crippen molar-refractivity contribution >= 4 is 50.7 Å². The van der Waals surface area contributed by atoms with E-state index in [9.17, 15) is 9.59 Å². The second-order valence-corrected chi connectivity index (χ2v) is 7.90. The highest BCUT2D eigenvalue weighted by molar-refractivity contribution is 7.19. The Hall–Kier alpha value is -3.98. The van der Waals surface area contributed by atoms with Gasteiger partial charge in [-0.1, -0.05) is 18.2 Å². The molecule has 0 fully saturated rings. The molecule has 2 amide bonds. The Morgan fingerprint density at radius 1 is 1.03 bits per heavy atom. The van der Waals surface area contributed by atoms with E-state index in [0.717, 1.165) is 26.2 Å². The van der Waals surface area contributed by atoms with E-state index in [1.807, 2.05) is 31.2 Å². The van der Waals surface area contributed by atoms with Gasteiger partial charge in [-0.25, -0.2) is 19.6 Å². The molecule has 4 aromatic rings. The van der Waals surface area contributed by atoms with Crippen molar-refractivity contribution in [3.63, 3.8) is 0 Å². The van der Waals surface area contributed by atoms with Crippen LogP contribution in [0.5, 0.6) is 0 Å². The van der Waals surface area contributed by atoms with E-state index in [-0.39, 0.29) is 0 Å². The fourth-order valence-corrected chi connectivity index (χ4v) is 4.29. The standard InChI is InChI=1S/C22H19N5O3S/c1-12-17(18-19(23)24-11-25-20(18)31-12)13-6-8-15(9-7-13)26-22(29)27-16-5-3-4-14(10-16)21(28)30-2/h3-11H,1-2H3,(H2,23,24,25)(H2,26,27,29). The Balaban J connectivity index is 1.50. The van der Waals surface area contributed by atoms with Crippen LogP contribution >= 0.6 is 11.3 Å². The number of nitrogens with zero attached hydrogens (tertiary/aromatic N) is 2. The number of esters is 1. The molecule has 0 unspecified atom stereocenters. The number of carbonyl (C=O) groups excluding carboxylic acids is 2. The fourth-order valence-electron chi connectivity index (χ4n) is 3.27. The molecule has 0 saturated heterocycles. The molecule has 2 aromatic carbocycles. The van der Waals surface area contributed by atoms with Crippen LogP contribution in [0.3, 0.4) is 0 Å². The van der Waals surface area contributed by atoms with Crippen molar-refractivity contribution in [3.8, 4) is 11.1 Å². The summed E-state index contributed by atoms with van der Waals surface area (Å²) in [6, 6.07) is 13.5. The number of thiophene rings is 1. The molecule has 0 spiro atoms. The van der Waals surface area contributed by atoms with Crippen LogP contribution in [0.1, 0.15) is 15.2 Å². The lowest BCUT2D eigenvalue weighted by molar-refractivity contribution is 0.0600. The van der Waals surface area contributed by atoms with E-state index in [1.54, 1.807) is 35.6 Å². The van der Waals surface area contributed by atoms with Crippen LogP contribution in [0.4, 0.5) is 22.0 Å². The van der Waals surface area contributed by atoms with E-state index >= 15 is 0 Å². The molecule has 0 saturated carbocycles. The van der Waals surface area contributed by atoms with Crippen molar-refractivity contribution in [1.29, 1.82) is 0 Å². The normalized spacial score (nSPS) is 10.6. The quantitative estimate of drug-likeness (QED) is 0.402. The van der Waals surface area contributed by atoms with Gasteiger partial charge in [0.05, 0.1) is 18.1 Å². The van der Waals surface area contributed by atoms with Gasteiger partial charge >= 0.3 is 12.0 Å². The highest BCUT2D eigenvalue weighted by atomic mass is 32.1. The van der Waals surface area contributed by atoms with E-state index in [4.69, 9.17) is 10.5 Å². The largest absolute Gasteiger partial charge is 0.465 e. The summed E-state index contributed by atoms with van der Waals surface area (Å²) in [6.45, 7) is 2.02. The summed E-state index contributed by atoms with van der Waals surface area (Å²) in [7, 11) is 1.31. The highest BCUT2D eigenvalue weighted by Crippen LogP contribution is 2.39. The number of carbonyl (C=O) groups is 2. The molecule has 0 atom stereocenters. The Kier molecular flexibility index (Phi) is 5.50. The van der Waals surface area contributed by atoms with Gasteiger partial charge in [0.25, 0.3) is 0 Å². The van der Waals surface area contributed by atoms with Crippen molar-refractivity contribution < 1.29 is 14.3 Å². The van der Waals surface area contributed by atoms with Crippen LogP contribution in [-0.2, 0) is 4.74 Å². The van der Waals surface area contributed by atoms with Crippen molar-refractivity contribution in [2.45, 2.75) is 6.92 Å². The summed E-state index contributed by atoms with van der Waals surface area (Å²) in [5, 5.41) is 6.32. The Morgan fingerprint density at radius 2 is 1.77 bits per heavy atom. The number of aryl methyl sites for hydroxylation is 1. The summed E-state index contributed by atoms with van der Waals surface area (Å²) in [6.07, 6.45) is 1.46. The number of nitrogen functional groups attached to an aromatic ring is 1. The van der Waals surface area contributed by atoms with Crippen molar-refractivity contribution in [1.82, 2.24) is 9.97 Å². The SMILES string of the molecule is COC(=O)c1cccc(NC(=O)Nc2ccc(-c3c(C)sc4ncnc(N)c34)cc2)c1. The van der Waals surface area contributed by atoms with Gasteiger partial charge in [0, 0.05) is 21.8 Å². The number of fused-ring (bicyclic) bond motifs is 1. The number of methoxy groups -OCH3 is 1. The van der Waals surface area contributed by atoms with Crippen LogP contribution in [0.25, 0.3) is 21.3 Å². The smallest absolute Gasteiger partial charge is 0.337 e. The Labute approximate surface area is 182 Å². The Bertz CT molecular complexity index is 1280. The van der Waals surface area contributed by atoms with E-state index in [2.05, 4.69) is 20.6 Å². The van der Waals surface area contributed by atoms with E-state index < -0.39 is 12.0 Å². The number of hydrogen-bond acceptors (Lipinski definition) is 7. The predicted octanol–water partition coefficient (Wildman–Crippen LogP) is 4.68. The Morgan fingerprint density at radius 3 is 2.52 bits per heavy atom. The van der Waals surface area contributed by atoms with Gasteiger partial charge in [0.2, 0.25) is 0 Å². The third kappa shape index (κ3) is 4.17. The second kappa shape index (κ2) is 8.41. The lowest BCUT2D eigenvalue weighted by Crippen LogP contribution is -2.19. The van der Waals surface area contributed by atoms with Gasteiger partial charge in [-0.2, -0.15) is 0 Å². The van der Waals surface area contributed by atoms with Crippen LogP contribution in [0.15, 0.2) is 54.9 Å². The number of hydrogen-bond donors (Lipinski definition) is 3. The number of aromatic nitrogens is 2. The summed E-state index contributed by atoms with van der Waals surface area (Å²) in [5.41, 5.74) is 9.48. The molecule has 0 bridgehead atoms. The minimum Gasteiger partial charge on any atom is -0.465 e. The lowest BCUT2D eigenvalue weighted by atomic mass is 10.0. The summed E-state index contributed by atoms with van der Waals surface area (Å²) in [5.74, 6) is -0.0259. The second-order valence-electron chi connectivity index (χ2n) is 6.70. The number of rotatable bonds is 4. The highest BCUT2D eigenvalue weighted by Gasteiger charge is 2.15. The molecule has 4 N–H and O–H groups in total. The number of amides is 2. The molecular formula is C22H19N5O3S. The average Bonchev–Trinajstić information content (AvgIpc) is 3.11. The van der Waals surface area contributed by atoms with Crippen LogP contribution in [0.2, 0.25) is 0 Å². The van der Waals surface area contributed by atoms with Crippen LogP contribution < -0.4 is 16.4 Å². The van der Waals surface area contributed by atoms with Crippen molar-refractivity contribution in [3.05, 3.63) is 65.3 Å². The fraction of sp³-hybridized carbons (Fsp3) is 0.0909. The zero-order valence-electron chi connectivity index (χ0n) is 16.8. The zero-order valence-corrected chi connectivity index (χ0v) is 17.6. The maximum Gasteiger partial charge on any atom is 0.337 e. The van der Waals surface area contributed by atoms with E-state index in [0.29, 0.717) is 22.8 Å². The molecular weight excluding hydrogens is 414 g/mol. The third-order valence-corrected chi connectivity index (χ3v) is 5.68. The van der Waals surface area contributed by atoms with E-state index in [1.165, 1.54) is 13.4 Å². The first-order valence-corrected chi connectivity index (χ1v) is 10.1. The van der Waals surface area contributed by atoms with Gasteiger partial charge in [0.15, 0.2) is 0 Å². The number of ether oxygens (including phenoxy) is 1. The summed E-state index contributed by atoms with van der Waals surface area (Å²) < 4.78 is 4.69. The van der Waals surface area contributed by atoms with Crippen LogP contribution in [-0.4, -0.2) is 29.1 Å². The molecule has 0 aliphatic carbocycles. The lowest BCUT2D eigenvalue weighted by Gasteiger charge is -2.10. The average molecular weight is 433 g/mol. The minimum absolute atomic E-state index is 0.353. The summed E-state index contributed by atoms with van der Waals surface area (Å²) >= 11 is 1.56. The maximum atomic E-state index is 12.3. The molecule has 0 aliphatic rings. The molecule has 4 rings (SSSR count). The number of urea groups is 1. The molecule has 31 heavy (non-hydrogen) atoms. The number of nitrogens with one attached hydrogen (secondary N) is 2. The monoisotopic (exact) mass is 433 g/mol. The molecule has 2 aromatic heterocycles. The number of anilines is 3. The molecule has 9 heteroatoms. The molecule has 156 valence electrons. The van der Waals surface area contributed by atoms with Gasteiger partial charge in [-0.15, -0.1) is 11.3 Å². The van der Waals surface area contributed by atoms with Crippen molar-refractivity contribution in [2.24, 2.45) is 0 Å². The van der Waals surface area contributed by atoms with Gasteiger partial charge in [-0.05, 0) is 42.8 Å². The first kappa shape index (κ1) is 20.3.